The van der Waals surface area contributed by atoms with Crippen molar-refractivity contribution in [3.8, 4) is 0 Å². The SMILES string of the molecule is CC(=O)NCCc1nc(C(=O)O)c(N)s1. The predicted molar refractivity (Wildman–Crippen MR) is 55.9 cm³/mol. The number of amides is 1. The Kier molecular flexibility index (Phi) is 3.62. The van der Waals surface area contributed by atoms with E-state index in [0.29, 0.717) is 18.0 Å². The third-order valence-corrected chi connectivity index (χ3v) is 2.56. The monoisotopic (exact) mass is 229 g/mol. The van der Waals surface area contributed by atoms with Crippen LogP contribution in [0, 0.1) is 0 Å². The summed E-state index contributed by atoms with van der Waals surface area (Å²) in [6.45, 7) is 1.85. The molecule has 82 valence electrons. The number of anilines is 1. The number of nitrogen functional groups attached to an aromatic ring is 1. The first-order valence-electron chi connectivity index (χ1n) is 4.23. The Labute approximate surface area is 90.1 Å². The van der Waals surface area contributed by atoms with Crippen LogP contribution >= 0.6 is 11.3 Å². The minimum Gasteiger partial charge on any atom is -0.476 e. The Morgan fingerprint density at radius 3 is 2.73 bits per heavy atom. The minimum atomic E-state index is -1.13. The van der Waals surface area contributed by atoms with Crippen molar-refractivity contribution < 1.29 is 14.7 Å². The first kappa shape index (κ1) is 11.4. The quantitative estimate of drug-likeness (QED) is 0.679. The van der Waals surface area contributed by atoms with Gasteiger partial charge in [0.05, 0.1) is 5.01 Å². The van der Waals surface area contributed by atoms with Crippen LogP contribution in [0.2, 0.25) is 0 Å². The van der Waals surface area contributed by atoms with Gasteiger partial charge in [0.25, 0.3) is 0 Å². The normalized spacial score (nSPS) is 9.93. The van der Waals surface area contributed by atoms with Gasteiger partial charge < -0.3 is 16.2 Å². The van der Waals surface area contributed by atoms with Crippen LogP contribution in [0.25, 0.3) is 0 Å². The van der Waals surface area contributed by atoms with Gasteiger partial charge in [0.2, 0.25) is 5.91 Å². The van der Waals surface area contributed by atoms with Crippen LogP contribution < -0.4 is 11.1 Å². The second-order valence-corrected chi connectivity index (χ2v) is 3.97. The molecule has 7 heteroatoms. The molecule has 1 heterocycles. The van der Waals surface area contributed by atoms with Gasteiger partial charge in [-0.3, -0.25) is 4.79 Å². The molecule has 0 saturated heterocycles. The zero-order chi connectivity index (χ0) is 11.4. The van der Waals surface area contributed by atoms with E-state index in [1.807, 2.05) is 0 Å². The van der Waals surface area contributed by atoms with E-state index in [9.17, 15) is 9.59 Å². The fourth-order valence-electron chi connectivity index (χ4n) is 0.983. The summed E-state index contributed by atoms with van der Waals surface area (Å²) in [6, 6.07) is 0. The van der Waals surface area contributed by atoms with E-state index in [0.717, 1.165) is 11.3 Å². The molecule has 0 aliphatic heterocycles. The molecule has 0 aromatic carbocycles. The molecule has 6 nitrogen and oxygen atoms in total. The van der Waals surface area contributed by atoms with Crippen LogP contribution in [0.5, 0.6) is 0 Å². The van der Waals surface area contributed by atoms with Gasteiger partial charge in [-0.25, -0.2) is 9.78 Å². The molecular weight excluding hydrogens is 218 g/mol. The number of thiazole rings is 1. The van der Waals surface area contributed by atoms with Gasteiger partial charge in [-0.1, -0.05) is 0 Å². The lowest BCUT2D eigenvalue weighted by molar-refractivity contribution is -0.118. The predicted octanol–water partition coefficient (Wildman–Crippen LogP) is 0.102. The highest BCUT2D eigenvalue weighted by Crippen LogP contribution is 2.21. The molecule has 15 heavy (non-hydrogen) atoms. The Bertz CT molecular complexity index is 388. The molecule has 0 saturated carbocycles. The average Bonchev–Trinajstić information content (AvgIpc) is 2.46. The maximum absolute atomic E-state index is 10.6. The molecule has 0 spiro atoms. The lowest BCUT2D eigenvalue weighted by Gasteiger charge is -1.97. The van der Waals surface area contributed by atoms with Gasteiger partial charge in [0, 0.05) is 19.9 Å². The minimum absolute atomic E-state index is 0.113. The molecule has 1 amide bonds. The molecule has 0 atom stereocenters. The first-order valence-corrected chi connectivity index (χ1v) is 5.05. The number of aromatic nitrogens is 1. The number of carboxylic acid groups (broad SMARTS) is 1. The van der Waals surface area contributed by atoms with E-state index >= 15 is 0 Å². The summed E-state index contributed by atoms with van der Waals surface area (Å²) in [5.41, 5.74) is 5.35. The molecule has 0 aliphatic rings. The fraction of sp³-hybridized carbons (Fsp3) is 0.375. The highest BCUT2D eigenvalue weighted by atomic mass is 32.1. The summed E-state index contributed by atoms with van der Waals surface area (Å²) < 4.78 is 0. The van der Waals surface area contributed by atoms with Crippen LogP contribution in [-0.4, -0.2) is 28.5 Å². The molecule has 0 aliphatic carbocycles. The number of nitrogens with two attached hydrogens (primary N) is 1. The smallest absolute Gasteiger partial charge is 0.357 e. The second-order valence-electron chi connectivity index (χ2n) is 2.86. The summed E-state index contributed by atoms with van der Waals surface area (Å²) in [4.78, 5) is 25.0. The van der Waals surface area contributed by atoms with Crippen molar-refractivity contribution in [1.82, 2.24) is 10.3 Å². The van der Waals surface area contributed by atoms with Crippen LogP contribution in [-0.2, 0) is 11.2 Å². The van der Waals surface area contributed by atoms with E-state index in [4.69, 9.17) is 10.8 Å². The van der Waals surface area contributed by atoms with E-state index in [2.05, 4.69) is 10.3 Å². The number of hydrogen-bond donors (Lipinski definition) is 3. The Morgan fingerprint density at radius 2 is 2.27 bits per heavy atom. The van der Waals surface area contributed by atoms with Gasteiger partial charge in [-0.15, -0.1) is 11.3 Å². The molecule has 1 aromatic rings. The molecular formula is C8H11N3O3S. The number of nitrogens with one attached hydrogen (secondary N) is 1. The molecule has 0 unspecified atom stereocenters. The van der Waals surface area contributed by atoms with Crippen molar-refractivity contribution in [1.29, 1.82) is 0 Å². The highest BCUT2D eigenvalue weighted by molar-refractivity contribution is 7.15. The van der Waals surface area contributed by atoms with E-state index in [1.165, 1.54) is 6.92 Å². The zero-order valence-corrected chi connectivity index (χ0v) is 8.93. The van der Waals surface area contributed by atoms with Gasteiger partial charge in [0.15, 0.2) is 5.69 Å². The largest absolute Gasteiger partial charge is 0.476 e. The van der Waals surface area contributed by atoms with Gasteiger partial charge in [-0.2, -0.15) is 0 Å². The average molecular weight is 229 g/mol. The van der Waals surface area contributed by atoms with Crippen molar-refractivity contribution in [3.63, 3.8) is 0 Å². The summed E-state index contributed by atoms with van der Waals surface area (Å²) >= 11 is 1.13. The number of aromatic carboxylic acids is 1. The second kappa shape index (κ2) is 4.74. The van der Waals surface area contributed by atoms with Crippen LogP contribution in [0.4, 0.5) is 5.00 Å². The molecule has 0 radical (unpaired) electrons. The zero-order valence-electron chi connectivity index (χ0n) is 8.11. The number of rotatable bonds is 4. The molecule has 1 rings (SSSR count). The van der Waals surface area contributed by atoms with Crippen LogP contribution in [0.1, 0.15) is 22.4 Å². The number of nitrogens with zero attached hydrogens (tertiary/aromatic N) is 1. The van der Waals surface area contributed by atoms with Gasteiger partial charge in [0.1, 0.15) is 5.00 Å². The number of hydrogen-bond acceptors (Lipinski definition) is 5. The lowest BCUT2D eigenvalue weighted by atomic mass is 10.4. The number of carboxylic acids is 1. The third-order valence-electron chi connectivity index (χ3n) is 1.61. The standard InChI is InChI=1S/C8H11N3O3S/c1-4(12)10-3-2-5-11-6(8(13)14)7(9)15-5/h2-3,9H2,1H3,(H,10,12)(H,13,14). The third kappa shape index (κ3) is 3.21. The van der Waals surface area contributed by atoms with Crippen molar-refractivity contribution in [2.75, 3.05) is 12.3 Å². The van der Waals surface area contributed by atoms with E-state index in [-0.39, 0.29) is 16.6 Å². The summed E-state index contributed by atoms with van der Waals surface area (Å²) in [5.74, 6) is -1.26. The molecule has 0 bridgehead atoms. The van der Waals surface area contributed by atoms with E-state index in [1.54, 1.807) is 0 Å². The molecule has 1 aromatic heterocycles. The highest BCUT2D eigenvalue weighted by Gasteiger charge is 2.14. The topological polar surface area (TPSA) is 105 Å². The van der Waals surface area contributed by atoms with Crippen LogP contribution in [0.15, 0.2) is 0 Å². The maximum atomic E-state index is 10.6. The number of carbonyl (C=O) groups is 2. The van der Waals surface area contributed by atoms with Crippen LogP contribution in [0.3, 0.4) is 0 Å². The molecule has 4 N–H and O–H groups in total. The Hall–Kier alpha value is -1.63. The summed E-state index contributed by atoms with van der Waals surface area (Å²) in [5, 5.41) is 12.1. The van der Waals surface area contributed by atoms with Crippen molar-refractivity contribution >= 4 is 28.2 Å². The van der Waals surface area contributed by atoms with Crippen molar-refractivity contribution in [2.24, 2.45) is 0 Å². The lowest BCUT2D eigenvalue weighted by Crippen LogP contribution is -2.22. The van der Waals surface area contributed by atoms with Crippen molar-refractivity contribution in [3.05, 3.63) is 10.7 Å². The van der Waals surface area contributed by atoms with Crippen molar-refractivity contribution in [2.45, 2.75) is 13.3 Å². The summed E-state index contributed by atoms with van der Waals surface area (Å²) in [7, 11) is 0. The fourth-order valence-corrected chi connectivity index (χ4v) is 1.81. The van der Waals surface area contributed by atoms with Gasteiger partial charge >= 0.3 is 5.97 Å². The number of carbonyl (C=O) groups excluding carboxylic acids is 1. The Balaban J connectivity index is 2.59. The maximum Gasteiger partial charge on any atom is 0.357 e. The molecule has 0 fully saturated rings. The Morgan fingerprint density at radius 1 is 1.60 bits per heavy atom. The first-order chi connectivity index (χ1) is 7.00. The van der Waals surface area contributed by atoms with Gasteiger partial charge in [-0.05, 0) is 0 Å². The summed E-state index contributed by atoms with van der Waals surface area (Å²) in [6.07, 6.45) is 0.488. The van der Waals surface area contributed by atoms with E-state index < -0.39 is 5.97 Å².